The molecule has 0 atom stereocenters. The van der Waals surface area contributed by atoms with Crippen LogP contribution in [0.5, 0.6) is 0 Å². The molecule has 0 aliphatic heterocycles. The molecule has 0 aliphatic rings. The maximum Gasteiger partial charge on any atom is 0.338 e. The van der Waals surface area contributed by atoms with Crippen molar-refractivity contribution in [2.45, 2.75) is 13.3 Å². The van der Waals surface area contributed by atoms with Crippen LogP contribution in [-0.4, -0.2) is 23.7 Å². The number of carboxylic acids is 1. The number of carboxylic acid groups (broad SMARTS) is 1. The predicted octanol–water partition coefficient (Wildman–Crippen LogP) is 2.53. The Bertz CT molecular complexity index is 426. The minimum Gasteiger partial charge on any atom is -0.478 e. The number of carbonyl (C=O) groups is 2. The van der Waals surface area contributed by atoms with Gasteiger partial charge in [0.1, 0.15) is 5.00 Å². The zero-order chi connectivity index (χ0) is 12.7. The van der Waals surface area contributed by atoms with Gasteiger partial charge in [-0.3, -0.25) is 5.32 Å². The van der Waals surface area contributed by atoms with Gasteiger partial charge in [0, 0.05) is 6.54 Å². The van der Waals surface area contributed by atoms with E-state index in [2.05, 4.69) is 10.6 Å². The van der Waals surface area contributed by atoms with Gasteiger partial charge < -0.3 is 10.4 Å². The smallest absolute Gasteiger partial charge is 0.338 e. The maximum atomic E-state index is 11.4. The van der Waals surface area contributed by atoms with Gasteiger partial charge in [0.25, 0.3) is 0 Å². The van der Waals surface area contributed by atoms with Crippen LogP contribution in [0.1, 0.15) is 23.7 Å². The van der Waals surface area contributed by atoms with Crippen LogP contribution >= 0.6 is 11.3 Å². The first-order valence-corrected chi connectivity index (χ1v) is 6.00. The summed E-state index contributed by atoms with van der Waals surface area (Å²) in [5.74, 6) is -1.05. The Morgan fingerprint density at radius 1 is 1.53 bits per heavy atom. The van der Waals surface area contributed by atoms with Gasteiger partial charge in [-0.05, 0) is 24.8 Å². The number of allylic oxidation sites excluding steroid dienone is 1. The maximum absolute atomic E-state index is 11.4. The molecule has 5 nitrogen and oxygen atoms in total. The summed E-state index contributed by atoms with van der Waals surface area (Å²) in [6.07, 6.45) is 4.59. The quantitative estimate of drug-likeness (QED) is 0.558. The van der Waals surface area contributed by atoms with Crippen LogP contribution in [0.15, 0.2) is 23.6 Å². The van der Waals surface area contributed by atoms with Gasteiger partial charge >= 0.3 is 12.0 Å². The van der Waals surface area contributed by atoms with Crippen LogP contribution in [-0.2, 0) is 0 Å². The minimum absolute atomic E-state index is 0.110. The predicted molar refractivity (Wildman–Crippen MR) is 67.7 cm³/mol. The SMILES string of the molecule is C/C=C/CCNC(=O)Nc1sccc1C(=O)O. The van der Waals surface area contributed by atoms with Crippen LogP contribution in [0.25, 0.3) is 0 Å². The number of anilines is 1. The summed E-state index contributed by atoms with van der Waals surface area (Å²) in [5, 5.41) is 16.0. The third-order valence-electron chi connectivity index (χ3n) is 1.95. The standard InChI is InChI=1S/C11H14N2O3S/c1-2-3-4-6-12-11(16)13-9-8(10(14)15)5-7-17-9/h2-3,5,7H,4,6H2,1H3,(H,14,15)(H2,12,13,16)/b3-2+. The lowest BCUT2D eigenvalue weighted by Crippen LogP contribution is -2.29. The third-order valence-corrected chi connectivity index (χ3v) is 2.78. The summed E-state index contributed by atoms with van der Waals surface area (Å²) in [6.45, 7) is 2.43. The Hall–Kier alpha value is -1.82. The van der Waals surface area contributed by atoms with Crippen LogP contribution in [0.4, 0.5) is 9.80 Å². The molecule has 0 spiro atoms. The molecule has 0 aromatic carbocycles. The highest BCUT2D eigenvalue weighted by Crippen LogP contribution is 2.22. The zero-order valence-electron chi connectivity index (χ0n) is 9.40. The van der Waals surface area contributed by atoms with Crippen molar-refractivity contribution in [2.24, 2.45) is 0 Å². The van der Waals surface area contributed by atoms with Gasteiger partial charge in [-0.25, -0.2) is 9.59 Å². The molecule has 3 N–H and O–H groups in total. The van der Waals surface area contributed by atoms with Crippen molar-refractivity contribution in [3.8, 4) is 0 Å². The van der Waals surface area contributed by atoms with Crippen molar-refractivity contribution in [1.82, 2.24) is 5.32 Å². The number of nitrogens with one attached hydrogen (secondary N) is 2. The molecule has 6 heteroatoms. The first-order chi connectivity index (χ1) is 8.15. The molecule has 0 unspecified atom stereocenters. The van der Waals surface area contributed by atoms with Crippen LogP contribution in [0, 0.1) is 0 Å². The van der Waals surface area contributed by atoms with Crippen molar-refractivity contribution in [3.63, 3.8) is 0 Å². The Morgan fingerprint density at radius 2 is 2.29 bits per heavy atom. The number of rotatable bonds is 5. The molecular formula is C11H14N2O3S. The van der Waals surface area contributed by atoms with Crippen molar-refractivity contribution in [1.29, 1.82) is 0 Å². The molecule has 0 saturated carbocycles. The number of aromatic carboxylic acids is 1. The topological polar surface area (TPSA) is 78.4 Å². The highest BCUT2D eigenvalue weighted by molar-refractivity contribution is 7.14. The summed E-state index contributed by atoms with van der Waals surface area (Å²) < 4.78 is 0. The lowest BCUT2D eigenvalue weighted by atomic mass is 10.3. The van der Waals surface area contributed by atoms with E-state index in [0.717, 1.165) is 6.42 Å². The average molecular weight is 254 g/mol. The molecule has 0 fully saturated rings. The second-order valence-corrected chi connectivity index (χ2v) is 4.12. The van der Waals surface area contributed by atoms with E-state index < -0.39 is 5.97 Å². The molecule has 1 aromatic heterocycles. The van der Waals surface area contributed by atoms with Crippen molar-refractivity contribution in [3.05, 3.63) is 29.2 Å². The molecule has 0 bridgehead atoms. The summed E-state index contributed by atoms with van der Waals surface area (Å²) in [7, 11) is 0. The van der Waals surface area contributed by atoms with E-state index in [1.165, 1.54) is 17.4 Å². The monoisotopic (exact) mass is 254 g/mol. The summed E-state index contributed by atoms with van der Waals surface area (Å²) in [4.78, 5) is 22.2. The molecule has 1 aromatic rings. The minimum atomic E-state index is -1.05. The van der Waals surface area contributed by atoms with Crippen molar-refractivity contribution < 1.29 is 14.7 Å². The number of urea groups is 1. The van der Waals surface area contributed by atoms with Gasteiger partial charge in [0.2, 0.25) is 0 Å². The van der Waals surface area contributed by atoms with Gasteiger partial charge in [0.05, 0.1) is 5.56 Å². The Kier molecular flexibility index (Phi) is 5.22. The van der Waals surface area contributed by atoms with E-state index in [0.29, 0.717) is 11.5 Å². The number of hydrogen-bond acceptors (Lipinski definition) is 3. The van der Waals surface area contributed by atoms with Crippen molar-refractivity contribution >= 4 is 28.3 Å². The second-order valence-electron chi connectivity index (χ2n) is 3.21. The van der Waals surface area contributed by atoms with Crippen LogP contribution in [0.2, 0.25) is 0 Å². The molecule has 1 heterocycles. The number of carbonyl (C=O) groups excluding carboxylic acids is 1. The zero-order valence-corrected chi connectivity index (χ0v) is 10.2. The van der Waals surface area contributed by atoms with Gasteiger partial charge in [-0.1, -0.05) is 12.2 Å². The molecule has 92 valence electrons. The van der Waals surface area contributed by atoms with E-state index in [9.17, 15) is 9.59 Å². The number of hydrogen-bond donors (Lipinski definition) is 3. The van der Waals surface area contributed by atoms with E-state index in [1.54, 1.807) is 5.38 Å². The second kappa shape index (κ2) is 6.70. The van der Waals surface area contributed by atoms with Crippen LogP contribution in [0.3, 0.4) is 0 Å². The number of amides is 2. The first kappa shape index (κ1) is 13.2. The number of thiophene rings is 1. The van der Waals surface area contributed by atoms with Crippen LogP contribution < -0.4 is 10.6 Å². The molecule has 1 rings (SSSR count). The van der Waals surface area contributed by atoms with E-state index in [1.807, 2.05) is 19.1 Å². The van der Waals surface area contributed by atoms with E-state index in [-0.39, 0.29) is 11.6 Å². The highest BCUT2D eigenvalue weighted by Gasteiger charge is 2.13. The molecule has 0 saturated heterocycles. The molecule has 0 radical (unpaired) electrons. The Balaban J connectivity index is 2.45. The summed E-state index contributed by atoms with van der Waals surface area (Å²) in [6, 6.07) is 1.07. The molecule has 2 amide bonds. The lowest BCUT2D eigenvalue weighted by molar-refractivity contribution is 0.0698. The van der Waals surface area contributed by atoms with Crippen molar-refractivity contribution in [2.75, 3.05) is 11.9 Å². The molecule has 0 aliphatic carbocycles. The summed E-state index contributed by atoms with van der Waals surface area (Å²) >= 11 is 1.18. The molecule has 17 heavy (non-hydrogen) atoms. The first-order valence-electron chi connectivity index (χ1n) is 5.12. The fourth-order valence-corrected chi connectivity index (χ4v) is 1.93. The fraction of sp³-hybridized carbons (Fsp3) is 0.273. The normalized spacial score (nSPS) is 10.4. The van der Waals surface area contributed by atoms with E-state index >= 15 is 0 Å². The summed E-state index contributed by atoms with van der Waals surface area (Å²) in [5.41, 5.74) is 0.110. The fourth-order valence-electron chi connectivity index (χ4n) is 1.16. The Morgan fingerprint density at radius 3 is 2.94 bits per heavy atom. The molecular weight excluding hydrogens is 240 g/mol. The average Bonchev–Trinajstić information content (AvgIpc) is 2.72. The van der Waals surface area contributed by atoms with Gasteiger partial charge in [0.15, 0.2) is 0 Å². The lowest BCUT2D eigenvalue weighted by Gasteiger charge is -2.05. The van der Waals surface area contributed by atoms with E-state index in [4.69, 9.17) is 5.11 Å². The highest BCUT2D eigenvalue weighted by atomic mass is 32.1. The van der Waals surface area contributed by atoms with Gasteiger partial charge in [-0.15, -0.1) is 11.3 Å². The Labute approximate surface area is 103 Å². The third kappa shape index (κ3) is 4.28. The van der Waals surface area contributed by atoms with Gasteiger partial charge in [-0.2, -0.15) is 0 Å². The largest absolute Gasteiger partial charge is 0.478 e.